The predicted octanol–water partition coefficient (Wildman–Crippen LogP) is 3.36. The predicted molar refractivity (Wildman–Crippen MR) is 84.2 cm³/mol. The Labute approximate surface area is 127 Å². The smallest absolute Gasteiger partial charge is 0.223 e. The molecule has 1 rings (SSSR count). The molecule has 0 aliphatic rings. The van der Waals surface area contributed by atoms with Gasteiger partial charge in [-0.05, 0) is 49.4 Å². The Hall–Kier alpha value is -1.42. The lowest BCUT2D eigenvalue weighted by atomic mass is 9.93. The van der Waals surface area contributed by atoms with Crippen molar-refractivity contribution in [3.63, 3.8) is 0 Å². The Morgan fingerprint density at radius 1 is 1.24 bits per heavy atom. The van der Waals surface area contributed by atoms with Crippen molar-refractivity contribution < 1.29 is 9.18 Å². The molecule has 3 nitrogen and oxygen atoms in total. The Balaban J connectivity index is 2.66. The summed E-state index contributed by atoms with van der Waals surface area (Å²) in [7, 11) is 1.79. The summed E-state index contributed by atoms with van der Waals surface area (Å²) in [5, 5.41) is 0. The number of carbonyl (C=O) groups excluding carboxylic acids is 1. The number of benzene rings is 1. The molecule has 1 aromatic rings. The second-order valence-corrected chi connectivity index (χ2v) is 6.17. The minimum atomic E-state index is -0.264. The molecule has 0 saturated carbocycles. The second kappa shape index (κ2) is 8.13. The lowest BCUT2D eigenvalue weighted by Crippen LogP contribution is -2.32. The van der Waals surface area contributed by atoms with Gasteiger partial charge >= 0.3 is 0 Å². The molecule has 0 aromatic heterocycles. The zero-order valence-corrected chi connectivity index (χ0v) is 13.5. The van der Waals surface area contributed by atoms with Crippen LogP contribution in [0.4, 0.5) is 4.39 Å². The number of nitrogens with two attached hydrogens (primary N) is 1. The molecule has 0 aliphatic carbocycles. The highest BCUT2D eigenvalue weighted by molar-refractivity contribution is 5.76. The summed E-state index contributed by atoms with van der Waals surface area (Å²) in [5.41, 5.74) is 6.69. The van der Waals surface area contributed by atoms with Gasteiger partial charge in [-0.15, -0.1) is 0 Å². The number of amides is 1. The molecule has 2 N–H and O–H groups in total. The molecule has 21 heavy (non-hydrogen) atoms. The Morgan fingerprint density at radius 3 is 2.29 bits per heavy atom. The summed E-state index contributed by atoms with van der Waals surface area (Å²) in [6, 6.07) is 6.21. The average Bonchev–Trinajstić information content (AvgIpc) is 2.45. The number of halogens is 1. The summed E-state index contributed by atoms with van der Waals surface area (Å²) in [4.78, 5) is 14.1. The van der Waals surface area contributed by atoms with Crippen molar-refractivity contribution in [2.75, 3.05) is 13.6 Å². The lowest BCUT2D eigenvalue weighted by Gasteiger charge is -2.27. The van der Waals surface area contributed by atoms with E-state index in [0.717, 1.165) is 12.0 Å². The maximum absolute atomic E-state index is 13.0. The standard InChI is InChI=1S/C17H27FN2O/c1-12(2)9-14(11-19)10-17(21)20(4)13(3)15-5-7-16(18)8-6-15/h5-8,12-14H,9-11,19H2,1-4H3/t13?,14-/m0/s1. The van der Waals surface area contributed by atoms with Gasteiger partial charge in [0.2, 0.25) is 5.91 Å². The third-order valence-corrected chi connectivity index (χ3v) is 3.93. The monoisotopic (exact) mass is 294 g/mol. The zero-order chi connectivity index (χ0) is 16.0. The molecule has 2 atom stereocenters. The van der Waals surface area contributed by atoms with Crippen molar-refractivity contribution in [1.82, 2.24) is 4.90 Å². The number of nitrogens with zero attached hydrogens (tertiary/aromatic N) is 1. The van der Waals surface area contributed by atoms with Crippen LogP contribution in [0.15, 0.2) is 24.3 Å². The van der Waals surface area contributed by atoms with Crippen LogP contribution in [0.25, 0.3) is 0 Å². The van der Waals surface area contributed by atoms with E-state index in [1.165, 1.54) is 12.1 Å². The molecule has 0 spiro atoms. The van der Waals surface area contributed by atoms with Crippen molar-refractivity contribution in [3.05, 3.63) is 35.6 Å². The van der Waals surface area contributed by atoms with E-state index in [-0.39, 0.29) is 23.7 Å². The first kappa shape index (κ1) is 17.6. The van der Waals surface area contributed by atoms with Crippen LogP contribution in [0.2, 0.25) is 0 Å². The Kier molecular flexibility index (Phi) is 6.82. The van der Waals surface area contributed by atoms with Gasteiger partial charge in [0.15, 0.2) is 0 Å². The van der Waals surface area contributed by atoms with Crippen LogP contribution in [0, 0.1) is 17.7 Å². The number of hydrogen-bond donors (Lipinski definition) is 1. The van der Waals surface area contributed by atoms with E-state index in [2.05, 4.69) is 13.8 Å². The summed E-state index contributed by atoms with van der Waals surface area (Å²) in [5.74, 6) is 0.578. The quantitative estimate of drug-likeness (QED) is 0.838. The van der Waals surface area contributed by atoms with E-state index in [9.17, 15) is 9.18 Å². The van der Waals surface area contributed by atoms with Gasteiger partial charge in [0.25, 0.3) is 0 Å². The molecule has 0 fully saturated rings. The first-order chi connectivity index (χ1) is 9.85. The van der Waals surface area contributed by atoms with Crippen LogP contribution in [0.3, 0.4) is 0 Å². The molecule has 0 radical (unpaired) electrons. The Morgan fingerprint density at radius 2 is 1.81 bits per heavy atom. The second-order valence-electron chi connectivity index (χ2n) is 6.17. The van der Waals surface area contributed by atoms with Crippen LogP contribution in [0.5, 0.6) is 0 Å². The molecule has 0 bridgehead atoms. The minimum absolute atomic E-state index is 0.0735. The molecule has 0 saturated heterocycles. The van der Waals surface area contributed by atoms with E-state index in [1.54, 1.807) is 24.1 Å². The summed E-state index contributed by atoms with van der Waals surface area (Å²) in [6.45, 7) is 6.75. The fourth-order valence-electron chi connectivity index (χ4n) is 2.50. The number of hydrogen-bond acceptors (Lipinski definition) is 2. The van der Waals surface area contributed by atoms with Gasteiger partial charge in [0.1, 0.15) is 5.82 Å². The highest BCUT2D eigenvalue weighted by atomic mass is 19.1. The van der Waals surface area contributed by atoms with Crippen LogP contribution in [0.1, 0.15) is 45.2 Å². The van der Waals surface area contributed by atoms with E-state index < -0.39 is 0 Å². The SMILES string of the molecule is CC(C)C[C@H](CN)CC(=O)N(C)C(C)c1ccc(F)cc1. The number of carbonyl (C=O) groups is 1. The third-order valence-electron chi connectivity index (χ3n) is 3.93. The van der Waals surface area contributed by atoms with E-state index >= 15 is 0 Å². The van der Waals surface area contributed by atoms with Crippen molar-refractivity contribution >= 4 is 5.91 Å². The van der Waals surface area contributed by atoms with Crippen molar-refractivity contribution in [2.45, 2.75) is 39.7 Å². The molecular weight excluding hydrogens is 267 g/mol. The fraction of sp³-hybridized carbons (Fsp3) is 0.588. The first-order valence-electron chi connectivity index (χ1n) is 7.56. The van der Waals surface area contributed by atoms with Gasteiger partial charge in [0, 0.05) is 13.5 Å². The van der Waals surface area contributed by atoms with Crippen molar-refractivity contribution in [2.24, 2.45) is 17.6 Å². The van der Waals surface area contributed by atoms with E-state index in [4.69, 9.17) is 5.73 Å². The minimum Gasteiger partial charge on any atom is -0.339 e. The first-order valence-corrected chi connectivity index (χ1v) is 7.56. The van der Waals surface area contributed by atoms with E-state index in [1.807, 2.05) is 6.92 Å². The fourth-order valence-corrected chi connectivity index (χ4v) is 2.50. The van der Waals surface area contributed by atoms with Gasteiger partial charge in [-0.2, -0.15) is 0 Å². The van der Waals surface area contributed by atoms with Crippen LogP contribution < -0.4 is 5.73 Å². The lowest BCUT2D eigenvalue weighted by molar-refractivity contribution is -0.132. The summed E-state index contributed by atoms with van der Waals surface area (Å²) >= 11 is 0. The van der Waals surface area contributed by atoms with Crippen LogP contribution in [-0.2, 0) is 4.79 Å². The van der Waals surface area contributed by atoms with Gasteiger partial charge < -0.3 is 10.6 Å². The summed E-state index contributed by atoms with van der Waals surface area (Å²) < 4.78 is 13.0. The highest BCUT2D eigenvalue weighted by Crippen LogP contribution is 2.22. The molecular formula is C17H27FN2O. The third kappa shape index (κ3) is 5.46. The zero-order valence-electron chi connectivity index (χ0n) is 13.5. The molecule has 0 heterocycles. The number of rotatable bonds is 7. The van der Waals surface area contributed by atoms with Crippen molar-refractivity contribution in [1.29, 1.82) is 0 Å². The molecule has 4 heteroatoms. The van der Waals surface area contributed by atoms with Crippen LogP contribution >= 0.6 is 0 Å². The topological polar surface area (TPSA) is 46.3 Å². The van der Waals surface area contributed by atoms with Gasteiger partial charge in [-0.1, -0.05) is 26.0 Å². The molecule has 1 amide bonds. The van der Waals surface area contributed by atoms with Crippen molar-refractivity contribution in [3.8, 4) is 0 Å². The maximum atomic E-state index is 13.0. The summed E-state index contributed by atoms with van der Waals surface area (Å²) in [6.07, 6.45) is 1.43. The van der Waals surface area contributed by atoms with Crippen LogP contribution in [-0.4, -0.2) is 24.4 Å². The Bertz CT molecular complexity index is 445. The normalized spacial score (nSPS) is 14.0. The van der Waals surface area contributed by atoms with E-state index in [0.29, 0.717) is 18.9 Å². The average molecular weight is 294 g/mol. The molecule has 0 aliphatic heterocycles. The van der Waals surface area contributed by atoms with Gasteiger partial charge in [-0.3, -0.25) is 4.79 Å². The largest absolute Gasteiger partial charge is 0.339 e. The molecule has 118 valence electrons. The van der Waals surface area contributed by atoms with Gasteiger partial charge in [-0.25, -0.2) is 4.39 Å². The van der Waals surface area contributed by atoms with Gasteiger partial charge in [0.05, 0.1) is 6.04 Å². The maximum Gasteiger partial charge on any atom is 0.223 e. The highest BCUT2D eigenvalue weighted by Gasteiger charge is 2.21. The molecule has 1 aromatic carbocycles. The molecule has 1 unspecified atom stereocenters.